The topological polar surface area (TPSA) is 84.7 Å². The number of anilines is 1. The van der Waals surface area contributed by atoms with Crippen molar-refractivity contribution in [3.05, 3.63) is 105 Å². The number of hydrogen-bond acceptors (Lipinski definition) is 5. The van der Waals surface area contributed by atoms with Crippen molar-refractivity contribution in [1.29, 1.82) is 0 Å². The zero-order chi connectivity index (χ0) is 22.5. The van der Waals surface area contributed by atoms with Gasteiger partial charge in [0, 0.05) is 29.7 Å². The molecule has 32 heavy (non-hydrogen) atoms. The smallest absolute Gasteiger partial charge is 0.293 e. The van der Waals surface area contributed by atoms with Gasteiger partial charge in [0.05, 0.1) is 24.2 Å². The van der Waals surface area contributed by atoms with Gasteiger partial charge in [-0.3, -0.25) is 14.9 Å². The molecule has 0 spiro atoms. The number of carbonyl (C=O) groups excluding carboxylic acids is 1. The monoisotopic (exact) mass is 451 g/mol. The Morgan fingerprint density at radius 3 is 2.31 bits per heavy atom. The number of ether oxygens (including phenoxy) is 1. The normalized spacial score (nSPS) is 14.6. The van der Waals surface area contributed by atoms with Gasteiger partial charge in [0.25, 0.3) is 11.6 Å². The van der Waals surface area contributed by atoms with Crippen LogP contribution in [-0.4, -0.2) is 37.1 Å². The SMILES string of the molecule is O=C(NC(c1ccccc1)c1ccc(Cl)cc1)c1ccc(N2CCOCC2)c([N+](=O)[O-])c1. The molecule has 1 atom stereocenters. The van der Waals surface area contributed by atoms with Crippen molar-refractivity contribution >= 4 is 28.9 Å². The Kier molecular flexibility index (Phi) is 6.68. The van der Waals surface area contributed by atoms with Gasteiger partial charge in [0.2, 0.25) is 0 Å². The Bertz CT molecular complexity index is 1100. The van der Waals surface area contributed by atoms with Crippen LogP contribution in [0.4, 0.5) is 11.4 Å². The summed E-state index contributed by atoms with van der Waals surface area (Å²) in [4.78, 5) is 26.3. The van der Waals surface area contributed by atoms with E-state index < -0.39 is 16.9 Å². The van der Waals surface area contributed by atoms with E-state index in [1.165, 1.54) is 6.07 Å². The summed E-state index contributed by atoms with van der Waals surface area (Å²) in [7, 11) is 0. The molecular formula is C24H22ClN3O4. The second-order valence-electron chi connectivity index (χ2n) is 7.43. The van der Waals surface area contributed by atoms with E-state index in [4.69, 9.17) is 16.3 Å². The fourth-order valence-electron chi connectivity index (χ4n) is 3.76. The van der Waals surface area contributed by atoms with Crippen LogP contribution in [0, 0.1) is 10.1 Å². The Morgan fingerprint density at radius 2 is 1.66 bits per heavy atom. The molecular weight excluding hydrogens is 430 g/mol. The van der Waals surface area contributed by atoms with Crippen LogP contribution in [-0.2, 0) is 4.74 Å². The van der Waals surface area contributed by atoms with Crippen LogP contribution >= 0.6 is 11.6 Å². The average molecular weight is 452 g/mol. The van der Waals surface area contributed by atoms with E-state index in [1.807, 2.05) is 47.4 Å². The van der Waals surface area contributed by atoms with Gasteiger partial charge >= 0.3 is 0 Å². The quantitative estimate of drug-likeness (QED) is 0.437. The van der Waals surface area contributed by atoms with Crippen LogP contribution in [0.5, 0.6) is 0 Å². The number of halogens is 1. The molecule has 3 aromatic rings. The fourth-order valence-corrected chi connectivity index (χ4v) is 3.88. The Morgan fingerprint density at radius 1 is 1.00 bits per heavy atom. The first-order valence-electron chi connectivity index (χ1n) is 10.3. The average Bonchev–Trinajstić information content (AvgIpc) is 2.84. The van der Waals surface area contributed by atoms with E-state index in [0.717, 1.165) is 11.1 Å². The molecule has 7 nitrogen and oxygen atoms in total. The number of nitrogens with one attached hydrogen (secondary N) is 1. The molecule has 1 N–H and O–H groups in total. The van der Waals surface area contributed by atoms with Gasteiger partial charge in [-0.2, -0.15) is 0 Å². The molecule has 1 aliphatic heterocycles. The lowest BCUT2D eigenvalue weighted by Crippen LogP contribution is -2.36. The number of rotatable bonds is 6. The van der Waals surface area contributed by atoms with Crippen molar-refractivity contribution in [1.82, 2.24) is 5.32 Å². The highest BCUT2D eigenvalue weighted by molar-refractivity contribution is 6.30. The standard InChI is InChI=1S/C24H22ClN3O4/c25-20-9-6-18(7-10-20)23(17-4-2-1-3-5-17)26-24(29)19-8-11-21(22(16-19)28(30)31)27-12-14-32-15-13-27/h1-11,16,23H,12-15H2,(H,26,29). The van der Waals surface area contributed by atoms with Crippen molar-refractivity contribution in [2.24, 2.45) is 0 Å². The minimum atomic E-state index is -0.449. The maximum absolute atomic E-state index is 13.1. The second-order valence-corrected chi connectivity index (χ2v) is 7.87. The molecule has 1 aliphatic rings. The van der Waals surface area contributed by atoms with Gasteiger partial charge in [-0.15, -0.1) is 0 Å². The predicted octanol–water partition coefficient (Wildman–Crippen LogP) is 4.60. The summed E-state index contributed by atoms with van der Waals surface area (Å²) in [6, 6.07) is 20.9. The molecule has 1 heterocycles. The number of nitro benzene ring substituents is 1. The molecule has 0 bridgehead atoms. The third kappa shape index (κ3) is 4.90. The molecule has 8 heteroatoms. The molecule has 0 aliphatic carbocycles. The molecule has 164 valence electrons. The lowest BCUT2D eigenvalue weighted by Gasteiger charge is -2.28. The zero-order valence-corrected chi connectivity index (χ0v) is 18.0. The van der Waals surface area contributed by atoms with Crippen molar-refractivity contribution in [3.63, 3.8) is 0 Å². The summed E-state index contributed by atoms with van der Waals surface area (Å²) in [6.45, 7) is 2.16. The molecule has 1 amide bonds. The minimum absolute atomic E-state index is 0.0951. The van der Waals surface area contributed by atoms with Crippen LogP contribution in [0.25, 0.3) is 0 Å². The van der Waals surface area contributed by atoms with E-state index >= 15 is 0 Å². The van der Waals surface area contributed by atoms with E-state index in [-0.39, 0.29) is 11.3 Å². The molecule has 0 saturated carbocycles. The Labute approximate surface area is 190 Å². The van der Waals surface area contributed by atoms with Crippen LogP contribution in [0.1, 0.15) is 27.5 Å². The van der Waals surface area contributed by atoms with Crippen molar-refractivity contribution in [2.45, 2.75) is 6.04 Å². The number of carbonyl (C=O) groups is 1. The Balaban J connectivity index is 1.64. The van der Waals surface area contributed by atoms with Gasteiger partial charge in [0.15, 0.2) is 0 Å². The second kappa shape index (κ2) is 9.80. The van der Waals surface area contributed by atoms with E-state index in [9.17, 15) is 14.9 Å². The highest BCUT2D eigenvalue weighted by atomic mass is 35.5. The maximum atomic E-state index is 13.1. The molecule has 4 rings (SSSR count). The van der Waals surface area contributed by atoms with Crippen molar-refractivity contribution < 1.29 is 14.5 Å². The summed E-state index contributed by atoms with van der Waals surface area (Å²) in [5.74, 6) is -0.398. The van der Waals surface area contributed by atoms with E-state index in [0.29, 0.717) is 37.0 Å². The van der Waals surface area contributed by atoms with Gasteiger partial charge in [-0.05, 0) is 35.4 Å². The minimum Gasteiger partial charge on any atom is -0.378 e. The van der Waals surface area contributed by atoms with Gasteiger partial charge in [0.1, 0.15) is 5.69 Å². The zero-order valence-electron chi connectivity index (χ0n) is 17.2. The number of nitro groups is 1. The molecule has 1 unspecified atom stereocenters. The third-order valence-electron chi connectivity index (χ3n) is 5.40. The number of hydrogen-bond donors (Lipinski definition) is 1. The number of benzene rings is 3. The van der Waals surface area contributed by atoms with Crippen molar-refractivity contribution in [2.75, 3.05) is 31.2 Å². The highest BCUT2D eigenvalue weighted by Gasteiger charge is 2.25. The summed E-state index contributed by atoms with van der Waals surface area (Å²) in [5, 5.41) is 15.4. The first-order valence-corrected chi connectivity index (χ1v) is 10.6. The largest absolute Gasteiger partial charge is 0.378 e. The Hall–Kier alpha value is -3.42. The summed E-state index contributed by atoms with van der Waals surface area (Å²) in [5.41, 5.74) is 2.37. The van der Waals surface area contributed by atoms with Crippen LogP contribution < -0.4 is 10.2 Å². The van der Waals surface area contributed by atoms with Crippen LogP contribution in [0.2, 0.25) is 5.02 Å². The van der Waals surface area contributed by atoms with E-state index in [2.05, 4.69) is 5.32 Å². The molecule has 0 aromatic heterocycles. The third-order valence-corrected chi connectivity index (χ3v) is 5.65. The van der Waals surface area contributed by atoms with Gasteiger partial charge in [-0.1, -0.05) is 54.1 Å². The lowest BCUT2D eigenvalue weighted by atomic mass is 9.98. The number of amides is 1. The summed E-state index contributed by atoms with van der Waals surface area (Å²) < 4.78 is 5.33. The van der Waals surface area contributed by atoms with Crippen LogP contribution in [0.3, 0.4) is 0 Å². The fraction of sp³-hybridized carbons (Fsp3) is 0.208. The lowest BCUT2D eigenvalue weighted by molar-refractivity contribution is -0.384. The summed E-state index contributed by atoms with van der Waals surface area (Å²) in [6.07, 6.45) is 0. The van der Waals surface area contributed by atoms with E-state index in [1.54, 1.807) is 24.3 Å². The number of morpholine rings is 1. The highest BCUT2D eigenvalue weighted by Crippen LogP contribution is 2.31. The maximum Gasteiger partial charge on any atom is 0.293 e. The van der Waals surface area contributed by atoms with Gasteiger partial charge in [-0.25, -0.2) is 0 Å². The molecule has 1 saturated heterocycles. The summed E-state index contributed by atoms with van der Waals surface area (Å²) >= 11 is 6.03. The molecule has 1 fully saturated rings. The van der Waals surface area contributed by atoms with Crippen LogP contribution in [0.15, 0.2) is 72.8 Å². The van der Waals surface area contributed by atoms with Crippen molar-refractivity contribution in [3.8, 4) is 0 Å². The molecule has 0 radical (unpaired) electrons. The first kappa shape index (κ1) is 21.8. The van der Waals surface area contributed by atoms with Gasteiger partial charge < -0.3 is 15.0 Å². The first-order chi connectivity index (χ1) is 15.5. The number of nitrogens with zero attached hydrogens (tertiary/aromatic N) is 2. The molecule has 3 aromatic carbocycles. The predicted molar refractivity (Wildman–Crippen MR) is 123 cm³/mol.